The number of aliphatic imine (C=N–C) groups is 1. The van der Waals surface area contributed by atoms with Crippen LogP contribution in [0.1, 0.15) is 28.7 Å². The number of amidine groups is 1. The quantitative estimate of drug-likeness (QED) is 0.611. The third kappa shape index (κ3) is 4.16. The molecule has 0 spiro atoms. The van der Waals surface area contributed by atoms with Gasteiger partial charge in [0.1, 0.15) is 22.9 Å². The zero-order chi connectivity index (χ0) is 22.7. The summed E-state index contributed by atoms with van der Waals surface area (Å²) < 4.78 is 26.8. The second-order valence-electron chi connectivity index (χ2n) is 7.18. The summed E-state index contributed by atoms with van der Waals surface area (Å²) in [6.07, 6.45) is 2.33. The molecule has 1 aliphatic heterocycles. The highest BCUT2D eigenvalue weighted by atomic mass is 19.1. The molecule has 0 fully saturated rings. The van der Waals surface area contributed by atoms with Gasteiger partial charge in [0.2, 0.25) is 0 Å². The molecular formula is C22H25FN6O3. The van der Waals surface area contributed by atoms with Crippen molar-refractivity contribution < 1.29 is 18.7 Å². The number of hydrogen-bond donors (Lipinski definition) is 2. The number of carbonyl (C=O) groups excluding carboxylic acids is 1. The largest absolute Gasteiger partial charge is 0.495 e. The van der Waals surface area contributed by atoms with Crippen LogP contribution in [0.2, 0.25) is 0 Å². The molecule has 10 heteroatoms. The van der Waals surface area contributed by atoms with E-state index < -0.39 is 5.82 Å². The molecule has 4 rings (SSSR count). The monoisotopic (exact) mass is 440 g/mol. The number of amides is 1. The number of nitrogens with one attached hydrogen (secondary N) is 2. The van der Waals surface area contributed by atoms with E-state index in [2.05, 4.69) is 20.7 Å². The molecule has 0 bridgehead atoms. The van der Waals surface area contributed by atoms with Gasteiger partial charge in [0, 0.05) is 6.54 Å². The number of ether oxygens (including phenoxy) is 2. The van der Waals surface area contributed by atoms with Crippen molar-refractivity contribution in [2.75, 3.05) is 32.3 Å². The maximum atomic E-state index is 14.8. The molecule has 0 saturated heterocycles. The maximum Gasteiger partial charge on any atom is 0.303 e. The summed E-state index contributed by atoms with van der Waals surface area (Å²) >= 11 is 0. The Morgan fingerprint density at radius 2 is 2.09 bits per heavy atom. The number of fused-ring (bicyclic) bond motifs is 1. The fourth-order valence-corrected chi connectivity index (χ4v) is 3.58. The number of anilines is 1. The van der Waals surface area contributed by atoms with Crippen LogP contribution in [-0.2, 0) is 17.7 Å². The number of nitrogens with zero attached hydrogens (tertiary/aromatic N) is 4. The SMILES string of the molecule is CCc1nc2ccc(OC)cn2c1C(=O)NCc1ccc(N2CCN=C(OC)N2)c(F)c1. The highest BCUT2D eigenvalue weighted by Crippen LogP contribution is 2.21. The fraction of sp³-hybridized carbons (Fsp3) is 0.318. The second-order valence-corrected chi connectivity index (χ2v) is 7.18. The van der Waals surface area contributed by atoms with E-state index in [1.54, 1.807) is 47.0 Å². The van der Waals surface area contributed by atoms with Crippen molar-refractivity contribution in [2.45, 2.75) is 19.9 Å². The topological polar surface area (TPSA) is 92.5 Å². The van der Waals surface area contributed by atoms with Crippen molar-refractivity contribution in [2.24, 2.45) is 4.99 Å². The van der Waals surface area contributed by atoms with E-state index in [9.17, 15) is 9.18 Å². The number of halogens is 1. The van der Waals surface area contributed by atoms with Crippen molar-refractivity contribution >= 4 is 23.3 Å². The van der Waals surface area contributed by atoms with Crippen LogP contribution in [0.25, 0.3) is 5.65 Å². The summed E-state index contributed by atoms with van der Waals surface area (Å²) in [5.74, 6) is -0.0709. The molecular weight excluding hydrogens is 415 g/mol. The van der Waals surface area contributed by atoms with Gasteiger partial charge in [-0.2, -0.15) is 0 Å². The number of aromatic nitrogens is 2. The van der Waals surface area contributed by atoms with Crippen molar-refractivity contribution in [3.05, 3.63) is 59.3 Å². The summed E-state index contributed by atoms with van der Waals surface area (Å²) in [7, 11) is 3.07. The van der Waals surface area contributed by atoms with E-state index in [4.69, 9.17) is 9.47 Å². The molecule has 0 aliphatic carbocycles. The van der Waals surface area contributed by atoms with Crippen LogP contribution in [0.15, 0.2) is 41.5 Å². The Morgan fingerprint density at radius 3 is 2.81 bits per heavy atom. The number of hydrogen-bond acceptors (Lipinski definition) is 7. The summed E-state index contributed by atoms with van der Waals surface area (Å²) in [5, 5.41) is 4.51. The van der Waals surface area contributed by atoms with E-state index in [1.807, 2.05) is 6.92 Å². The number of carbonyl (C=O) groups is 1. The lowest BCUT2D eigenvalue weighted by molar-refractivity contribution is 0.0944. The lowest BCUT2D eigenvalue weighted by atomic mass is 10.1. The minimum atomic E-state index is -0.407. The molecule has 9 nitrogen and oxygen atoms in total. The molecule has 1 aromatic carbocycles. The third-order valence-electron chi connectivity index (χ3n) is 5.21. The van der Waals surface area contributed by atoms with Gasteiger partial charge in [-0.15, -0.1) is 0 Å². The van der Waals surface area contributed by atoms with Crippen LogP contribution >= 0.6 is 0 Å². The number of benzene rings is 1. The minimum Gasteiger partial charge on any atom is -0.495 e. The number of rotatable bonds is 6. The van der Waals surface area contributed by atoms with Gasteiger partial charge in [0.15, 0.2) is 0 Å². The van der Waals surface area contributed by atoms with Gasteiger partial charge >= 0.3 is 6.02 Å². The molecule has 2 N–H and O–H groups in total. The lowest BCUT2D eigenvalue weighted by Gasteiger charge is -2.29. The normalized spacial score (nSPS) is 13.5. The predicted molar refractivity (Wildman–Crippen MR) is 118 cm³/mol. The Bertz CT molecular complexity index is 1180. The summed E-state index contributed by atoms with van der Waals surface area (Å²) in [6, 6.07) is 8.79. The smallest absolute Gasteiger partial charge is 0.303 e. The third-order valence-corrected chi connectivity index (χ3v) is 5.21. The molecule has 168 valence electrons. The van der Waals surface area contributed by atoms with Crippen molar-refractivity contribution in [1.29, 1.82) is 0 Å². The van der Waals surface area contributed by atoms with Gasteiger partial charge in [0.25, 0.3) is 5.91 Å². The van der Waals surface area contributed by atoms with E-state index in [0.29, 0.717) is 59.6 Å². The standard InChI is InChI=1S/C22H25FN6O3/c1-4-17-20(28-13-15(31-2)6-8-19(28)26-17)21(30)25-12-14-5-7-18(16(23)11-14)29-10-9-24-22(27-29)32-3/h5-8,11,13H,4,9-10,12H2,1-3H3,(H,24,27)(H,25,30). The number of hydrazine groups is 1. The Balaban J connectivity index is 1.50. The zero-order valence-electron chi connectivity index (χ0n) is 18.2. The molecule has 0 radical (unpaired) electrons. The average molecular weight is 440 g/mol. The number of methoxy groups -OCH3 is 2. The molecule has 1 aliphatic rings. The van der Waals surface area contributed by atoms with Gasteiger partial charge in [-0.1, -0.05) is 13.0 Å². The lowest BCUT2D eigenvalue weighted by Crippen LogP contribution is -2.48. The first-order valence-corrected chi connectivity index (χ1v) is 10.3. The van der Waals surface area contributed by atoms with Crippen molar-refractivity contribution in [1.82, 2.24) is 20.1 Å². The van der Waals surface area contributed by atoms with E-state index in [-0.39, 0.29) is 12.5 Å². The van der Waals surface area contributed by atoms with Crippen LogP contribution < -0.4 is 20.5 Å². The second kappa shape index (κ2) is 9.13. The van der Waals surface area contributed by atoms with E-state index in [1.165, 1.54) is 13.2 Å². The summed E-state index contributed by atoms with van der Waals surface area (Å²) in [4.78, 5) is 21.7. The number of imidazole rings is 1. The number of aryl methyl sites for hydroxylation is 1. The zero-order valence-corrected chi connectivity index (χ0v) is 18.2. The van der Waals surface area contributed by atoms with Crippen LogP contribution in [0, 0.1) is 5.82 Å². The first kappa shape index (κ1) is 21.4. The first-order chi connectivity index (χ1) is 15.5. The Hall–Kier alpha value is -3.82. The van der Waals surface area contributed by atoms with Crippen LogP contribution in [0.4, 0.5) is 10.1 Å². The molecule has 3 heterocycles. The van der Waals surface area contributed by atoms with Gasteiger partial charge in [-0.3, -0.25) is 19.6 Å². The van der Waals surface area contributed by atoms with Gasteiger partial charge in [0.05, 0.1) is 44.9 Å². The molecule has 0 unspecified atom stereocenters. The molecule has 2 aromatic heterocycles. The Morgan fingerprint density at radius 1 is 1.25 bits per heavy atom. The first-order valence-electron chi connectivity index (χ1n) is 10.3. The molecule has 32 heavy (non-hydrogen) atoms. The highest BCUT2D eigenvalue weighted by molar-refractivity contribution is 5.94. The maximum absolute atomic E-state index is 14.8. The van der Waals surface area contributed by atoms with Crippen molar-refractivity contribution in [3.8, 4) is 5.75 Å². The number of pyridine rings is 1. The van der Waals surface area contributed by atoms with Gasteiger partial charge in [-0.05, 0) is 36.2 Å². The van der Waals surface area contributed by atoms with Crippen LogP contribution in [0.5, 0.6) is 5.75 Å². The Kier molecular flexibility index (Phi) is 6.11. The fourth-order valence-electron chi connectivity index (χ4n) is 3.58. The van der Waals surface area contributed by atoms with E-state index in [0.717, 1.165) is 0 Å². The summed E-state index contributed by atoms with van der Waals surface area (Å²) in [6.45, 7) is 3.13. The minimum absolute atomic E-state index is 0.175. The van der Waals surface area contributed by atoms with Gasteiger partial charge < -0.3 is 14.8 Å². The van der Waals surface area contributed by atoms with Gasteiger partial charge in [-0.25, -0.2) is 14.4 Å². The average Bonchev–Trinajstić information content (AvgIpc) is 3.20. The van der Waals surface area contributed by atoms with E-state index >= 15 is 0 Å². The predicted octanol–water partition coefficient (Wildman–Crippen LogP) is 2.30. The van der Waals surface area contributed by atoms with Crippen LogP contribution in [-0.4, -0.2) is 48.6 Å². The van der Waals surface area contributed by atoms with Crippen LogP contribution in [0.3, 0.4) is 0 Å². The summed E-state index contributed by atoms with van der Waals surface area (Å²) in [5.41, 5.74) is 5.73. The molecule has 1 amide bonds. The van der Waals surface area contributed by atoms with Crippen molar-refractivity contribution in [3.63, 3.8) is 0 Å². The molecule has 0 saturated carbocycles. The Labute approximate surface area is 184 Å². The molecule has 0 atom stereocenters. The molecule has 3 aromatic rings. The highest BCUT2D eigenvalue weighted by Gasteiger charge is 2.20.